The second-order valence-corrected chi connectivity index (χ2v) is 8.45. The van der Waals surface area contributed by atoms with Crippen molar-refractivity contribution in [3.63, 3.8) is 0 Å². The molecule has 1 N–H and O–H groups in total. The molecular formula is C22H25N3O4S. The molecule has 1 atom stereocenters. The van der Waals surface area contributed by atoms with Crippen molar-refractivity contribution >= 4 is 39.1 Å². The van der Waals surface area contributed by atoms with Gasteiger partial charge in [-0.2, -0.15) is 0 Å². The number of nitrogens with one attached hydrogen (secondary N) is 1. The molecule has 1 unspecified atom stereocenters. The fourth-order valence-electron chi connectivity index (χ4n) is 3.98. The predicted octanol–water partition coefficient (Wildman–Crippen LogP) is 4.69. The van der Waals surface area contributed by atoms with E-state index in [1.807, 2.05) is 12.1 Å². The van der Waals surface area contributed by atoms with Gasteiger partial charge in [0.2, 0.25) is 0 Å². The molecule has 1 saturated heterocycles. The van der Waals surface area contributed by atoms with E-state index in [-0.39, 0.29) is 5.91 Å². The van der Waals surface area contributed by atoms with Crippen molar-refractivity contribution in [3.8, 4) is 0 Å². The van der Waals surface area contributed by atoms with Crippen LogP contribution >= 0.6 is 11.3 Å². The van der Waals surface area contributed by atoms with Crippen LogP contribution in [0.1, 0.15) is 58.3 Å². The van der Waals surface area contributed by atoms with Gasteiger partial charge in [-0.15, -0.1) is 11.3 Å². The van der Waals surface area contributed by atoms with Crippen LogP contribution in [0.25, 0.3) is 10.2 Å². The van der Waals surface area contributed by atoms with Gasteiger partial charge in [0.15, 0.2) is 0 Å². The molecular weight excluding hydrogens is 402 g/mol. The molecule has 4 rings (SSSR count). The molecule has 0 aromatic carbocycles. The lowest BCUT2D eigenvalue weighted by molar-refractivity contribution is 0.0607. The van der Waals surface area contributed by atoms with Gasteiger partial charge in [0, 0.05) is 18.0 Å². The van der Waals surface area contributed by atoms with Gasteiger partial charge in [0.05, 0.1) is 30.3 Å². The zero-order valence-corrected chi connectivity index (χ0v) is 18.0. The number of furan rings is 1. The topological polar surface area (TPSA) is 84.7 Å². The molecule has 7 nitrogen and oxygen atoms in total. The van der Waals surface area contributed by atoms with Crippen LogP contribution in [0, 0.1) is 0 Å². The number of carbonyl (C=O) groups excluding carboxylic acids is 2. The number of anilines is 1. The van der Waals surface area contributed by atoms with Crippen LogP contribution in [0.2, 0.25) is 0 Å². The highest BCUT2D eigenvalue weighted by molar-refractivity contribution is 7.21. The predicted molar refractivity (Wildman–Crippen MR) is 116 cm³/mol. The molecule has 0 bridgehead atoms. The largest absolute Gasteiger partial charge is 0.472 e. The molecule has 1 aliphatic rings. The van der Waals surface area contributed by atoms with Gasteiger partial charge in [0.25, 0.3) is 5.91 Å². The highest BCUT2D eigenvalue weighted by atomic mass is 32.1. The number of nitrogens with zero attached hydrogens (tertiary/aromatic N) is 2. The first-order valence-corrected chi connectivity index (χ1v) is 11.0. The zero-order chi connectivity index (χ0) is 21.1. The number of aromatic nitrogens is 1. The number of hydrogen-bond donors (Lipinski definition) is 1. The fourth-order valence-corrected chi connectivity index (χ4v) is 5.05. The van der Waals surface area contributed by atoms with E-state index in [1.165, 1.54) is 50.2 Å². The van der Waals surface area contributed by atoms with E-state index in [4.69, 9.17) is 14.1 Å². The number of esters is 1. The Hall–Kier alpha value is -2.71. The lowest BCUT2D eigenvalue weighted by atomic mass is 10.00. The first-order valence-electron chi connectivity index (χ1n) is 10.2. The Kier molecular flexibility index (Phi) is 6.15. The van der Waals surface area contributed by atoms with E-state index in [9.17, 15) is 9.59 Å². The molecule has 1 amide bonds. The van der Waals surface area contributed by atoms with Crippen molar-refractivity contribution in [2.24, 2.45) is 0 Å². The molecule has 0 radical (unpaired) electrons. The molecule has 3 aromatic heterocycles. The molecule has 8 heteroatoms. The molecule has 3 aromatic rings. The Balaban J connectivity index is 1.65. The Morgan fingerprint density at radius 3 is 2.93 bits per heavy atom. The van der Waals surface area contributed by atoms with E-state index >= 15 is 0 Å². The van der Waals surface area contributed by atoms with E-state index in [2.05, 4.69) is 17.1 Å². The van der Waals surface area contributed by atoms with Crippen LogP contribution in [0.5, 0.6) is 0 Å². The SMILES string of the molecule is CCC1CCCCN1Cc1ccc2c(NC(=O)c3ccoc3)c(C(=O)OC)sc2n1. The average molecular weight is 428 g/mol. The summed E-state index contributed by atoms with van der Waals surface area (Å²) in [6, 6.07) is 6.07. The minimum Gasteiger partial charge on any atom is -0.472 e. The van der Waals surface area contributed by atoms with E-state index in [0.717, 1.165) is 30.6 Å². The van der Waals surface area contributed by atoms with E-state index in [1.54, 1.807) is 6.07 Å². The first-order chi connectivity index (χ1) is 14.6. The van der Waals surface area contributed by atoms with Gasteiger partial charge in [0.1, 0.15) is 16.0 Å². The number of fused-ring (bicyclic) bond motifs is 1. The van der Waals surface area contributed by atoms with Gasteiger partial charge in [-0.3, -0.25) is 9.69 Å². The number of piperidine rings is 1. The van der Waals surface area contributed by atoms with Crippen LogP contribution < -0.4 is 5.32 Å². The summed E-state index contributed by atoms with van der Waals surface area (Å²) in [7, 11) is 1.33. The Labute approximate surface area is 179 Å². The summed E-state index contributed by atoms with van der Waals surface area (Å²) < 4.78 is 9.90. The Morgan fingerprint density at radius 2 is 2.20 bits per heavy atom. The summed E-state index contributed by atoms with van der Waals surface area (Å²) in [5.74, 6) is -0.846. The average Bonchev–Trinajstić information content (AvgIpc) is 3.42. The maximum absolute atomic E-state index is 12.5. The standard InChI is InChI=1S/C22H25N3O4S/c1-3-16-6-4-5-10-25(16)12-15-7-8-17-18(24-20(26)14-9-11-29-13-14)19(22(27)28-2)30-21(17)23-15/h7-9,11,13,16H,3-6,10,12H2,1-2H3,(H,24,26). The molecule has 158 valence electrons. The summed E-state index contributed by atoms with van der Waals surface area (Å²) in [5, 5.41) is 3.56. The van der Waals surface area contributed by atoms with Crippen LogP contribution in [0.4, 0.5) is 5.69 Å². The maximum Gasteiger partial charge on any atom is 0.350 e. The van der Waals surface area contributed by atoms with Crippen molar-refractivity contribution in [1.82, 2.24) is 9.88 Å². The van der Waals surface area contributed by atoms with Gasteiger partial charge >= 0.3 is 5.97 Å². The molecule has 4 heterocycles. The number of pyridine rings is 1. The molecule has 0 spiro atoms. The van der Waals surface area contributed by atoms with Crippen LogP contribution in [0.3, 0.4) is 0 Å². The summed E-state index contributed by atoms with van der Waals surface area (Å²) in [4.78, 5) is 33.2. The number of ether oxygens (including phenoxy) is 1. The summed E-state index contributed by atoms with van der Waals surface area (Å²) in [5.41, 5.74) is 1.77. The highest BCUT2D eigenvalue weighted by Gasteiger charge is 2.24. The first kappa shape index (κ1) is 20.6. The fraction of sp³-hybridized carbons (Fsp3) is 0.409. The summed E-state index contributed by atoms with van der Waals surface area (Å²) >= 11 is 1.24. The minimum absolute atomic E-state index is 0.332. The van der Waals surface area contributed by atoms with Gasteiger partial charge in [-0.1, -0.05) is 13.3 Å². The van der Waals surface area contributed by atoms with Crippen molar-refractivity contribution in [2.75, 3.05) is 19.0 Å². The summed E-state index contributed by atoms with van der Waals surface area (Å²) in [6.45, 7) is 4.11. The third-order valence-corrected chi connectivity index (χ3v) is 6.67. The number of thiophene rings is 1. The van der Waals surface area contributed by atoms with Crippen molar-refractivity contribution < 1.29 is 18.7 Å². The number of hydrogen-bond acceptors (Lipinski definition) is 7. The second-order valence-electron chi connectivity index (χ2n) is 7.45. The number of carbonyl (C=O) groups is 2. The summed E-state index contributed by atoms with van der Waals surface area (Å²) in [6.07, 6.45) is 7.66. The Bertz CT molecular complexity index is 1040. The highest BCUT2D eigenvalue weighted by Crippen LogP contribution is 2.36. The molecule has 0 saturated carbocycles. The number of methoxy groups -OCH3 is 1. The zero-order valence-electron chi connectivity index (χ0n) is 17.1. The van der Waals surface area contributed by atoms with Crippen molar-refractivity contribution in [2.45, 2.75) is 45.2 Å². The van der Waals surface area contributed by atoms with E-state index < -0.39 is 5.97 Å². The lowest BCUT2D eigenvalue weighted by Crippen LogP contribution is -2.38. The number of likely N-dealkylation sites (tertiary alicyclic amines) is 1. The van der Waals surface area contributed by atoms with E-state index in [0.29, 0.717) is 27.0 Å². The number of rotatable bonds is 6. The molecule has 30 heavy (non-hydrogen) atoms. The maximum atomic E-state index is 12.5. The molecule has 0 aliphatic carbocycles. The minimum atomic E-state index is -0.496. The Morgan fingerprint density at radius 1 is 1.33 bits per heavy atom. The van der Waals surface area contributed by atoms with Gasteiger partial charge in [-0.25, -0.2) is 9.78 Å². The van der Waals surface area contributed by atoms with Crippen LogP contribution in [0.15, 0.2) is 35.1 Å². The molecule has 1 aliphatic heterocycles. The lowest BCUT2D eigenvalue weighted by Gasteiger charge is -2.34. The third kappa shape index (κ3) is 4.11. The monoisotopic (exact) mass is 427 g/mol. The quantitative estimate of drug-likeness (QED) is 0.575. The third-order valence-electron chi connectivity index (χ3n) is 5.59. The molecule has 1 fully saturated rings. The van der Waals surface area contributed by atoms with Gasteiger partial charge in [-0.05, 0) is 44.0 Å². The number of amides is 1. The smallest absolute Gasteiger partial charge is 0.350 e. The normalized spacial score (nSPS) is 17.2. The van der Waals surface area contributed by atoms with Crippen molar-refractivity contribution in [1.29, 1.82) is 0 Å². The van der Waals surface area contributed by atoms with Crippen molar-refractivity contribution in [3.05, 3.63) is 46.9 Å². The van der Waals surface area contributed by atoms with Crippen LogP contribution in [-0.2, 0) is 11.3 Å². The second kappa shape index (κ2) is 8.97. The van der Waals surface area contributed by atoms with Crippen LogP contribution in [-0.4, -0.2) is 41.5 Å². The van der Waals surface area contributed by atoms with Gasteiger partial charge < -0.3 is 14.5 Å².